The second-order valence-corrected chi connectivity index (χ2v) is 12.2. The predicted octanol–water partition coefficient (Wildman–Crippen LogP) is 4.00. The molecule has 3 nitrogen and oxygen atoms in total. The van der Waals surface area contributed by atoms with Gasteiger partial charge in [0.25, 0.3) is 0 Å². The van der Waals surface area contributed by atoms with Crippen LogP contribution in [0, 0.1) is 0 Å². The number of aliphatic hydroxyl groups is 1. The van der Waals surface area contributed by atoms with Crippen LogP contribution in [0.4, 0.5) is 0 Å². The molecule has 198 valence electrons. The molecule has 1 aromatic heterocycles. The molecule has 0 bridgehead atoms. The van der Waals surface area contributed by atoms with E-state index < -0.39 is 10.6 Å². The van der Waals surface area contributed by atoms with E-state index in [4.69, 9.17) is 4.98 Å². The van der Waals surface area contributed by atoms with Gasteiger partial charge in [-0.15, -0.1) is 0 Å². The number of benzene rings is 6. The van der Waals surface area contributed by atoms with Gasteiger partial charge in [0.2, 0.25) is 0 Å². The van der Waals surface area contributed by atoms with Crippen molar-refractivity contribution < 1.29 is 5.11 Å². The summed E-state index contributed by atoms with van der Waals surface area (Å²) in [6.07, 6.45) is 0. The number of hydrogen-bond acceptors (Lipinski definition) is 2. The first-order chi connectivity index (χ1) is 20.3. The molecule has 0 atom stereocenters. The van der Waals surface area contributed by atoms with Crippen molar-refractivity contribution in [3.05, 3.63) is 133 Å². The summed E-state index contributed by atoms with van der Waals surface area (Å²) in [6.45, 7) is 0. The van der Waals surface area contributed by atoms with Crippen molar-refractivity contribution >= 4 is 64.0 Å². The summed E-state index contributed by atoms with van der Waals surface area (Å²) in [5.74, 6) is 0.840. The number of imidazole rings is 1. The molecular formula is C35H30B4N2O. The summed E-state index contributed by atoms with van der Waals surface area (Å²) in [7, 11) is 7.83. The Labute approximate surface area is 249 Å². The average Bonchev–Trinajstić information content (AvgIpc) is 3.40. The number of para-hydroxylation sites is 2. The van der Waals surface area contributed by atoms with Crippen molar-refractivity contribution in [3.63, 3.8) is 0 Å². The van der Waals surface area contributed by atoms with Crippen molar-refractivity contribution in [3.8, 4) is 27.9 Å². The summed E-state index contributed by atoms with van der Waals surface area (Å²) in [5, 5.41) is 14.5. The zero-order chi connectivity index (χ0) is 29.1. The Morgan fingerprint density at radius 2 is 0.976 bits per heavy atom. The van der Waals surface area contributed by atoms with Gasteiger partial charge < -0.3 is 5.11 Å². The van der Waals surface area contributed by atoms with Crippen molar-refractivity contribution in [2.24, 2.45) is 0 Å². The van der Waals surface area contributed by atoms with Crippen LogP contribution in [0.1, 0.15) is 5.82 Å². The molecule has 0 saturated carbocycles. The Balaban J connectivity index is 1.46. The maximum Gasteiger partial charge on any atom is 0.131 e. The number of aromatic nitrogens is 2. The van der Waals surface area contributed by atoms with E-state index in [9.17, 15) is 5.11 Å². The minimum absolute atomic E-state index is 0.593. The Kier molecular flexibility index (Phi) is 6.18. The van der Waals surface area contributed by atoms with Gasteiger partial charge in [-0.2, -0.15) is 0 Å². The van der Waals surface area contributed by atoms with Gasteiger partial charge in [-0.25, -0.2) is 4.98 Å². The normalized spacial score (nSPS) is 12.3. The molecule has 0 spiro atoms. The Morgan fingerprint density at radius 1 is 0.524 bits per heavy atom. The first-order valence-electron chi connectivity index (χ1n) is 14.6. The summed E-state index contributed by atoms with van der Waals surface area (Å²) >= 11 is 0. The summed E-state index contributed by atoms with van der Waals surface area (Å²) in [6, 6.07) is 45.2. The van der Waals surface area contributed by atoms with Gasteiger partial charge in [0.1, 0.15) is 37.2 Å². The lowest BCUT2D eigenvalue weighted by Crippen LogP contribution is -2.55. The van der Waals surface area contributed by atoms with E-state index in [1.165, 1.54) is 43.8 Å². The number of nitrogens with zero attached hydrogens (tertiary/aromatic N) is 2. The van der Waals surface area contributed by atoms with Crippen LogP contribution in [0.25, 0.3) is 60.5 Å². The summed E-state index contributed by atoms with van der Waals surface area (Å²) in [5.41, 5.74) is 7.86. The molecule has 1 heterocycles. The monoisotopic (exact) mass is 538 g/mol. The molecule has 6 aromatic carbocycles. The fourth-order valence-electron chi connectivity index (χ4n) is 6.11. The molecule has 0 aliphatic rings. The van der Waals surface area contributed by atoms with E-state index in [1.807, 2.05) is 33.9 Å². The molecule has 0 radical (unpaired) electrons. The summed E-state index contributed by atoms with van der Waals surface area (Å²) in [4.78, 5) is 5.03. The SMILES string of the molecule is BC(B)(O)C(B)(B)c1nc2ccccc2n1-c1ccc(-c2c3ccccc3c(-c3ccccc3)c3ccccc23)cc1. The zero-order valence-electron chi connectivity index (χ0n) is 24.5. The van der Waals surface area contributed by atoms with Crippen LogP contribution in [-0.2, 0) is 5.21 Å². The molecule has 0 fully saturated rings. The molecule has 0 unspecified atom stereocenters. The molecule has 7 aromatic rings. The Hall–Kier alpha value is -4.47. The van der Waals surface area contributed by atoms with Crippen LogP contribution in [0.3, 0.4) is 0 Å². The Bertz CT molecular complexity index is 2040. The average molecular weight is 538 g/mol. The highest BCUT2D eigenvalue weighted by Gasteiger charge is 2.40. The van der Waals surface area contributed by atoms with E-state index in [1.54, 1.807) is 0 Å². The first-order valence-corrected chi connectivity index (χ1v) is 14.6. The minimum atomic E-state index is -0.968. The lowest BCUT2D eigenvalue weighted by atomic mass is 9.35. The van der Waals surface area contributed by atoms with E-state index in [0.717, 1.165) is 22.5 Å². The largest absolute Gasteiger partial charge is 0.408 e. The smallest absolute Gasteiger partial charge is 0.131 e. The first kappa shape index (κ1) is 26.4. The molecular weight excluding hydrogens is 508 g/mol. The summed E-state index contributed by atoms with van der Waals surface area (Å²) < 4.78 is 2.20. The number of rotatable bonds is 5. The number of hydrogen-bond donors (Lipinski definition) is 1. The van der Waals surface area contributed by atoms with Crippen LogP contribution in [0.2, 0.25) is 0 Å². The topological polar surface area (TPSA) is 38.1 Å². The van der Waals surface area contributed by atoms with Crippen LogP contribution in [-0.4, -0.2) is 51.4 Å². The highest BCUT2D eigenvalue weighted by atomic mass is 16.3. The third kappa shape index (κ3) is 4.11. The standard InChI is InChI=1S/C35H30B4N2O/c36-34(37,35(38,39)42)33-40-29-16-8-9-17-30(29)41(33)24-20-18-23(19-21-24)32-27-14-6-4-12-25(27)31(22-10-2-1-3-11-22)26-13-5-7-15-28(26)32/h1-21,42H,36-39H2. The third-order valence-corrected chi connectivity index (χ3v) is 9.06. The zero-order valence-corrected chi connectivity index (χ0v) is 24.5. The highest BCUT2D eigenvalue weighted by molar-refractivity contribution is 6.53. The second-order valence-electron chi connectivity index (χ2n) is 12.2. The van der Waals surface area contributed by atoms with Gasteiger partial charge in [0.05, 0.1) is 11.0 Å². The van der Waals surface area contributed by atoms with Crippen molar-refractivity contribution in [1.29, 1.82) is 0 Å². The highest BCUT2D eigenvalue weighted by Crippen LogP contribution is 2.43. The van der Waals surface area contributed by atoms with Crippen LogP contribution < -0.4 is 0 Å². The van der Waals surface area contributed by atoms with Gasteiger partial charge in [-0.1, -0.05) is 103 Å². The molecule has 1 N–H and O–H groups in total. The van der Waals surface area contributed by atoms with Gasteiger partial charge >= 0.3 is 0 Å². The minimum Gasteiger partial charge on any atom is -0.408 e. The van der Waals surface area contributed by atoms with Crippen LogP contribution in [0.5, 0.6) is 0 Å². The van der Waals surface area contributed by atoms with E-state index in [0.29, 0.717) is 0 Å². The number of fused-ring (bicyclic) bond motifs is 3. The quantitative estimate of drug-likeness (QED) is 0.266. The van der Waals surface area contributed by atoms with Crippen molar-refractivity contribution in [2.45, 2.75) is 10.6 Å². The van der Waals surface area contributed by atoms with Crippen molar-refractivity contribution in [1.82, 2.24) is 9.55 Å². The third-order valence-electron chi connectivity index (χ3n) is 9.06. The van der Waals surface area contributed by atoms with Gasteiger partial charge in [-0.05, 0) is 78.7 Å². The maximum atomic E-state index is 11.1. The van der Waals surface area contributed by atoms with Crippen LogP contribution >= 0.6 is 0 Å². The van der Waals surface area contributed by atoms with Crippen molar-refractivity contribution in [2.75, 3.05) is 0 Å². The van der Waals surface area contributed by atoms with E-state index >= 15 is 0 Å². The van der Waals surface area contributed by atoms with E-state index in [2.05, 4.69) is 129 Å². The molecule has 7 heteroatoms. The van der Waals surface area contributed by atoms with Gasteiger partial charge in [0.15, 0.2) is 0 Å². The molecule has 0 saturated heterocycles. The predicted molar refractivity (Wildman–Crippen MR) is 188 cm³/mol. The molecule has 0 aliphatic carbocycles. The fourth-order valence-corrected chi connectivity index (χ4v) is 6.11. The maximum absolute atomic E-state index is 11.1. The molecule has 42 heavy (non-hydrogen) atoms. The molecule has 0 amide bonds. The van der Waals surface area contributed by atoms with Gasteiger partial charge in [-0.3, -0.25) is 4.57 Å². The van der Waals surface area contributed by atoms with Crippen LogP contribution in [0.15, 0.2) is 127 Å². The fraction of sp³-hybridized carbons (Fsp3) is 0.0571. The van der Waals surface area contributed by atoms with Gasteiger partial charge in [0, 0.05) is 5.69 Å². The van der Waals surface area contributed by atoms with E-state index in [-0.39, 0.29) is 0 Å². The second kappa shape index (κ2) is 9.82. The molecule has 0 aliphatic heterocycles. The lowest BCUT2D eigenvalue weighted by Gasteiger charge is -2.38. The lowest BCUT2D eigenvalue weighted by molar-refractivity contribution is 0.189. The Morgan fingerprint density at radius 3 is 1.50 bits per heavy atom. The molecule has 7 rings (SSSR count).